The van der Waals surface area contributed by atoms with Gasteiger partial charge in [-0.15, -0.1) is 0 Å². The molecule has 1 aliphatic heterocycles. The van der Waals surface area contributed by atoms with Crippen molar-refractivity contribution < 1.29 is 0 Å². The highest BCUT2D eigenvalue weighted by atomic mass is 79.9. The maximum absolute atomic E-state index is 6.02. The molecule has 0 saturated heterocycles. The zero-order valence-electron chi connectivity index (χ0n) is 12.7. The largest absolute Gasteiger partial charge is 0.386 e. The Kier molecular flexibility index (Phi) is 5.13. The Bertz CT molecular complexity index is 682. The molecule has 0 saturated carbocycles. The van der Waals surface area contributed by atoms with E-state index in [-0.39, 0.29) is 0 Å². The minimum absolute atomic E-state index is 0.404. The highest BCUT2D eigenvalue weighted by molar-refractivity contribution is 9.10. The van der Waals surface area contributed by atoms with E-state index < -0.39 is 0 Å². The van der Waals surface area contributed by atoms with Crippen molar-refractivity contribution in [1.82, 2.24) is 5.32 Å². The summed E-state index contributed by atoms with van der Waals surface area (Å²) < 4.78 is 1.09. The number of nitrogens with two attached hydrogens (primary N) is 1. The van der Waals surface area contributed by atoms with Crippen LogP contribution in [0, 0.1) is 5.92 Å². The van der Waals surface area contributed by atoms with E-state index in [1.54, 1.807) is 0 Å². The SMILES string of the molecule is NC1=C[C@H](CN(Cc2ccc(Br)cc2)c2ccc(Cl)cc2)CN1. The zero-order chi connectivity index (χ0) is 16.2. The van der Waals surface area contributed by atoms with Crippen LogP contribution < -0.4 is 16.0 Å². The minimum atomic E-state index is 0.404. The van der Waals surface area contributed by atoms with Crippen LogP contribution in [-0.2, 0) is 6.54 Å². The van der Waals surface area contributed by atoms with Gasteiger partial charge in [-0.3, -0.25) is 0 Å². The van der Waals surface area contributed by atoms with Crippen molar-refractivity contribution in [3.05, 3.63) is 75.5 Å². The van der Waals surface area contributed by atoms with E-state index in [1.807, 2.05) is 12.1 Å². The molecule has 0 aromatic heterocycles. The molecule has 2 aromatic rings. The second-order valence-corrected chi connectivity index (χ2v) is 7.10. The van der Waals surface area contributed by atoms with Crippen LogP contribution in [0.1, 0.15) is 5.56 Å². The Morgan fingerprint density at radius 1 is 1.13 bits per heavy atom. The lowest BCUT2D eigenvalue weighted by Crippen LogP contribution is -2.30. The van der Waals surface area contributed by atoms with Crippen LogP contribution in [0.15, 0.2) is 64.9 Å². The standard InChI is InChI=1S/C18H19BrClN3/c19-15-3-1-13(2-4-15)11-23(12-14-9-18(21)22-10-14)17-7-5-16(20)6-8-17/h1-9,14,22H,10-12,21H2/t14-/m0/s1. The molecular weight excluding hydrogens is 374 g/mol. The van der Waals surface area contributed by atoms with Gasteiger partial charge in [-0.2, -0.15) is 0 Å². The monoisotopic (exact) mass is 391 g/mol. The van der Waals surface area contributed by atoms with Crippen molar-refractivity contribution in [3.63, 3.8) is 0 Å². The molecule has 3 N–H and O–H groups in total. The van der Waals surface area contributed by atoms with E-state index in [4.69, 9.17) is 17.3 Å². The predicted molar refractivity (Wildman–Crippen MR) is 100 cm³/mol. The highest BCUT2D eigenvalue weighted by Gasteiger charge is 2.18. The molecule has 0 bridgehead atoms. The molecule has 2 aromatic carbocycles. The van der Waals surface area contributed by atoms with Gasteiger partial charge in [0.15, 0.2) is 0 Å². The molecule has 5 heteroatoms. The fourth-order valence-electron chi connectivity index (χ4n) is 2.74. The van der Waals surface area contributed by atoms with E-state index in [1.165, 1.54) is 5.56 Å². The summed E-state index contributed by atoms with van der Waals surface area (Å²) in [7, 11) is 0. The number of hydrogen-bond donors (Lipinski definition) is 2. The molecule has 0 spiro atoms. The van der Waals surface area contributed by atoms with E-state index in [0.717, 1.165) is 40.6 Å². The Morgan fingerprint density at radius 2 is 1.83 bits per heavy atom. The summed E-state index contributed by atoms with van der Waals surface area (Å²) >= 11 is 9.51. The quantitative estimate of drug-likeness (QED) is 0.804. The van der Waals surface area contributed by atoms with Gasteiger partial charge in [0.1, 0.15) is 0 Å². The summed E-state index contributed by atoms with van der Waals surface area (Å²) in [5.41, 5.74) is 8.27. The lowest BCUT2D eigenvalue weighted by atomic mass is 10.1. The molecule has 1 heterocycles. The lowest BCUT2D eigenvalue weighted by molar-refractivity contribution is 0.615. The molecule has 3 rings (SSSR count). The van der Waals surface area contributed by atoms with Crippen LogP contribution in [0.25, 0.3) is 0 Å². The van der Waals surface area contributed by atoms with Gasteiger partial charge < -0.3 is 16.0 Å². The van der Waals surface area contributed by atoms with Gasteiger partial charge in [-0.1, -0.05) is 39.7 Å². The average Bonchev–Trinajstić information content (AvgIpc) is 2.95. The molecule has 0 fully saturated rings. The van der Waals surface area contributed by atoms with E-state index in [0.29, 0.717) is 5.92 Å². The Labute approximate surface area is 150 Å². The topological polar surface area (TPSA) is 41.3 Å². The number of anilines is 1. The molecule has 0 aliphatic carbocycles. The highest BCUT2D eigenvalue weighted by Crippen LogP contribution is 2.23. The Hall–Kier alpha value is -1.65. The average molecular weight is 393 g/mol. The number of nitrogens with zero attached hydrogens (tertiary/aromatic N) is 1. The van der Waals surface area contributed by atoms with Crippen molar-refractivity contribution in [2.24, 2.45) is 11.7 Å². The zero-order valence-corrected chi connectivity index (χ0v) is 15.0. The summed E-state index contributed by atoms with van der Waals surface area (Å²) in [6, 6.07) is 16.4. The first-order chi connectivity index (χ1) is 11.1. The maximum Gasteiger partial charge on any atom is 0.0923 e. The van der Waals surface area contributed by atoms with Crippen molar-refractivity contribution in [2.75, 3.05) is 18.0 Å². The van der Waals surface area contributed by atoms with Gasteiger partial charge in [0.25, 0.3) is 0 Å². The third kappa shape index (κ3) is 4.43. The second kappa shape index (κ2) is 7.28. The van der Waals surface area contributed by atoms with Crippen molar-refractivity contribution in [1.29, 1.82) is 0 Å². The van der Waals surface area contributed by atoms with Gasteiger partial charge in [0.05, 0.1) is 5.82 Å². The normalized spacial score (nSPS) is 16.8. The summed E-state index contributed by atoms with van der Waals surface area (Å²) in [6.07, 6.45) is 2.10. The van der Waals surface area contributed by atoms with Crippen LogP contribution >= 0.6 is 27.5 Å². The lowest BCUT2D eigenvalue weighted by Gasteiger charge is -2.27. The van der Waals surface area contributed by atoms with E-state index in [2.05, 4.69) is 68.6 Å². The van der Waals surface area contributed by atoms with Crippen molar-refractivity contribution >= 4 is 33.2 Å². The number of halogens is 2. The first-order valence-corrected chi connectivity index (χ1v) is 8.73. The molecule has 120 valence electrons. The van der Waals surface area contributed by atoms with E-state index >= 15 is 0 Å². The molecule has 0 radical (unpaired) electrons. The summed E-state index contributed by atoms with van der Waals surface area (Å²) in [6.45, 7) is 2.64. The van der Waals surface area contributed by atoms with Crippen LogP contribution in [0.4, 0.5) is 5.69 Å². The summed E-state index contributed by atoms with van der Waals surface area (Å²) in [4.78, 5) is 2.36. The fourth-order valence-corrected chi connectivity index (χ4v) is 3.13. The molecular formula is C18H19BrClN3. The fraction of sp³-hybridized carbons (Fsp3) is 0.222. The number of hydrogen-bond acceptors (Lipinski definition) is 3. The van der Waals surface area contributed by atoms with Crippen LogP contribution in [0.3, 0.4) is 0 Å². The van der Waals surface area contributed by atoms with Crippen LogP contribution in [0.2, 0.25) is 5.02 Å². The first-order valence-electron chi connectivity index (χ1n) is 7.56. The summed E-state index contributed by atoms with van der Waals surface area (Å²) in [5, 5.41) is 3.95. The molecule has 23 heavy (non-hydrogen) atoms. The molecule has 0 unspecified atom stereocenters. The van der Waals surface area contributed by atoms with Gasteiger partial charge in [-0.25, -0.2) is 0 Å². The van der Waals surface area contributed by atoms with Gasteiger partial charge in [0, 0.05) is 40.7 Å². The molecule has 0 amide bonds. The number of benzene rings is 2. The maximum atomic E-state index is 6.02. The van der Waals surface area contributed by atoms with Crippen molar-refractivity contribution in [3.8, 4) is 0 Å². The van der Waals surface area contributed by atoms with Crippen LogP contribution in [-0.4, -0.2) is 13.1 Å². The molecule has 1 aliphatic rings. The Morgan fingerprint density at radius 3 is 2.43 bits per heavy atom. The number of rotatable bonds is 5. The van der Waals surface area contributed by atoms with Gasteiger partial charge in [0.2, 0.25) is 0 Å². The number of nitrogens with one attached hydrogen (secondary N) is 1. The smallest absolute Gasteiger partial charge is 0.0923 e. The third-order valence-corrected chi connectivity index (χ3v) is 4.70. The van der Waals surface area contributed by atoms with Gasteiger partial charge in [-0.05, 0) is 48.0 Å². The minimum Gasteiger partial charge on any atom is -0.386 e. The third-order valence-electron chi connectivity index (χ3n) is 3.92. The second-order valence-electron chi connectivity index (χ2n) is 5.75. The van der Waals surface area contributed by atoms with Crippen molar-refractivity contribution in [2.45, 2.75) is 6.54 Å². The predicted octanol–water partition coefficient (Wildman–Crippen LogP) is 4.13. The van der Waals surface area contributed by atoms with E-state index in [9.17, 15) is 0 Å². The first kappa shape index (κ1) is 16.2. The van der Waals surface area contributed by atoms with Gasteiger partial charge >= 0.3 is 0 Å². The Balaban J connectivity index is 1.80. The molecule has 1 atom stereocenters. The summed E-state index contributed by atoms with van der Waals surface area (Å²) in [5.74, 6) is 1.18. The van der Waals surface area contributed by atoms with Crippen LogP contribution in [0.5, 0.6) is 0 Å². The molecule has 3 nitrogen and oxygen atoms in total.